The Balaban J connectivity index is 1.87. The first-order valence-corrected chi connectivity index (χ1v) is 8.63. The predicted octanol–water partition coefficient (Wildman–Crippen LogP) is 3.44. The summed E-state index contributed by atoms with van der Waals surface area (Å²) in [5.41, 5.74) is 5.22. The predicted molar refractivity (Wildman–Crippen MR) is 89.1 cm³/mol. The molecule has 1 aromatic rings. The van der Waals surface area contributed by atoms with Gasteiger partial charge in [-0.05, 0) is 68.5 Å². The number of fused-ring (bicyclic) bond motifs is 1. The highest BCUT2D eigenvalue weighted by Crippen LogP contribution is 2.55. The van der Waals surface area contributed by atoms with Crippen LogP contribution in [0.2, 0.25) is 0 Å². The lowest BCUT2D eigenvalue weighted by Gasteiger charge is -2.58. The van der Waals surface area contributed by atoms with Gasteiger partial charge < -0.3 is 9.80 Å². The van der Waals surface area contributed by atoms with Crippen LogP contribution in [0.4, 0.5) is 5.69 Å². The lowest BCUT2D eigenvalue weighted by Crippen LogP contribution is -2.59. The topological polar surface area (TPSA) is 6.48 Å². The van der Waals surface area contributed by atoms with Crippen molar-refractivity contribution >= 4 is 5.69 Å². The standard InChI is InChI=1S/C19H28N2/c1-20(2)15-8-7-14-12-18-16-6-4-5-9-19(16,17(14)13-15)10-11-21(18)3/h7-8,13,16,18H,4-6,9-12H2,1-3H3/t16-,18+,19+/m0/s1. The smallest absolute Gasteiger partial charge is 0.0364 e. The van der Waals surface area contributed by atoms with Crippen molar-refractivity contribution in [3.63, 3.8) is 0 Å². The highest BCUT2D eigenvalue weighted by molar-refractivity contribution is 5.54. The van der Waals surface area contributed by atoms with E-state index >= 15 is 0 Å². The fourth-order valence-corrected chi connectivity index (χ4v) is 5.46. The van der Waals surface area contributed by atoms with E-state index in [2.05, 4.69) is 49.1 Å². The fraction of sp³-hybridized carbons (Fsp3) is 0.684. The maximum absolute atomic E-state index is 2.65. The molecule has 0 radical (unpaired) electrons. The van der Waals surface area contributed by atoms with Gasteiger partial charge in [0, 0.05) is 31.2 Å². The molecule has 2 aliphatic carbocycles. The quantitative estimate of drug-likeness (QED) is 0.779. The van der Waals surface area contributed by atoms with Gasteiger partial charge in [-0.1, -0.05) is 18.9 Å². The van der Waals surface area contributed by atoms with Crippen molar-refractivity contribution in [3.8, 4) is 0 Å². The Morgan fingerprint density at radius 2 is 2.05 bits per heavy atom. The van der Waals surface area contributed by atoms with E-state index in [-0.39, 0.29) is 0 Å². The van der Waals surface area contributed by atoms with Crippen LogP contribution in [0.25, 0.3) is 0 Å². The molecule has 114 valence electrons. The lowest BCUT2D eigenvalue weighted by atomic mass is 9.52. The van der Waals surface area contributed by atoms with Crippen LogP contribution in [0.5, 0.6) is 0 Å². The van der Waals surface area contributed by atoms with Gasteiger partial charge in [0.25, 0.3) is 0 Å². The van der Waals surface area contributed by atoms with Crippen molar-refractivity contribution in [1.82, 2.24) is 4.90 Å². The minimum Gasteiger partial charge on any atom is -0.378 e. The van der Waals surface area contributed by atoms with Crippen molar-refractivity contribution < 1.29 is 0 Å². The van der Waals surface area contributed by atoms with Gasteiger partial charge in [-0.2, -0.15) is 0 Å². The Labute approximate surface area is 129 Å². The number of nitrogens with zero attached hydrogens (tertiary/aromatic N) is 2. The van der Waals surface area contributed by atoms with Gasteiger partial charge in [-0.15, -0.1) is 0 Å². The highest BCUT2D eigenvalue weighted by atomic mass is 15.2. The number of benzene rings is 1. The van der Waals surface area contributed by atoms with Crippen LogP contribution in [0.3, 0.4) is 0 Å². The van der Waals surface area contributed by atoms with Gasteiger partial charge >= 0.3 is 0 Å². The molecule has 0 N–H and O–H groups in total. The summed E-state index contributed by atoms with van der Waals surface area (Å²) in [4.78, 5) is 4.91. The molecule has 1 heterocycles. The zero-order chi connectivity index (χ0) is 14.6. The van der Waals surface area contributed by atoms with Gasteiger partial charge in [0.1, 0.15) is 0 Å². The molecule has 2 bridgehead atoms. The first-order chi connectivity index (χ1) is 10.1. The van der Waals surface area contributed by atoms with Crippen LogP contribution >= 0.6 is 0 Å². The second-order valence-corrected chi connectivity index (χ2v) is 7.75. The summed E-state index contributed by atoms with van der Waals surface area (Å²) in [5, 5.41) is 0. The third-order valence-electron chi connectivity index (χ3n) is 6.61. The molecule has 2 fully saturated rings. The summed E-state index contributed by atoms with van der Waals surface area (Å²) in [7, 11) is 6.68. The minimum atomic E-state index is 0.495. The van der Waals surface area contributed by atoms with Gasteiger partial charge in [-0.25, -0.2) is 0 Å². The monoisotopic (exact) mass is 284 g/mol. The Bertz CT molecular complexity index is 550. The zero-order valence-electron chi connectivity index (χ0n) is 13.7. The van der Waals surface area contributed by atoms with Crippen LogP contribution in [-0.4, -0.2) is 38.6 Å². The average molecular weight is 284 g/mol. The fourth-order valence-electron chi connectivity index (χ4n) is 5.46. The first kappa shape index (κ1) is 13.6. The summed E-state index contributed by atoms with van der Waals surface area (Å²) in [5.74, 6) is 0.898. The summed E-state index contributed by atoms with van der Waals surface area (Å²) < 4.78 is 0. The zero-order valence-corrected chi connectivity index (χ0v) is 13.7. The van der Waals surface area contributed by atoms with E-state index in [4.69, 9.17) is 0 Å². The summed E-state index contributed by atoms with van der Waals surface area (Å²) in [6.45, 7) is 1.28. The number of likely N-dealkylation sites (tertiary alicyclic amines) is 1. The summed E-state index contributed by atoms with van der Waals surface area (Å²) in [6.07, 6.45) is 8.38. The first-order valence-electron chi connectivity index (χ1n) is 8.63. The maximum Gasteiger partial charge on any atom is 0.0364 e. The molecular formula is C19H28N2. The second kappa shape index (κ2) is 4.74. The van der Waals surface area contributed by atoms with Crippen LogP contribution < -0.4 is 4.90 Å². The third kappa shape index (κ3) is 1.88. The molecule has 4 rings (SSSR count). The molecule has 0 amide bonds. The number of anilines is 1. The van der Waals surface area contributed by atoms with E-state index in [1.54, 1.807) is 11.1 Å². The molecule has 0 aromatic heterocycles. The van der Waals surface area contributed by atoms with Gasteiger partial charge in [0.05, 0.1) is 0 Å². The number of hydrogen-bond acceptors (Lipinski definition) is 2. The van der Waals surface area contributed by atoms with E-state index in [9.17, 15) is 0 Å². The van der Waals surface area contributed by atoms with Crippen LogP contribution in [0.15, 0.2) is 18.2 Å². The van der Waals surface area contributed by atoms with E-state index in [1.165, 1.54) is 50.8 Å². The molecule has 1 aromatic carbocycles. The molecule has 3 aliphatic rings. The molecule has 2 heteroatoms. The van der Waals surface area contributed by atoms with Gasteiger partial charge in [0.2, 0.25) is 0 Å². The Morgan fingerprint density at radius 3 is 2.86 bits per heavy atom. The largest absolute Gasteiger partial charge is 0.378 e. The normalized spacial score (nSPS) is 35.0. The molecule has 0 unspecified atom stereocenters. The second-order valence-electron chi connectivity index (χ2n) is 7.75. The summed E-state index contributed by atoms with van der Waals surface area (Å²) >= 11 is 0. The number of likely N-dealkylation sites (N-methyl/N-ethyl adjacent to an activating group) is 1. The number of hydrogen-bond donors (Lipinski definition) is 0. The molecule has 1 saturated carbocycles. The van der Waals surface area contributed by atoms with E-state index in [0.717, 1.165) is 12.0 Å². The molecule has 1 aliphatic heterocycles. The van der Waals surface area contributed by atoms with Crippen molar-refractivity contribution in [2.45, 2.75) is 50.0 Å². The number of piperidine rings is 1. The maximum atomic E-state index is 2.65. The van der Waals surface area contributed by atoms with Crippen molar-refractivity contribution in [2.75, 3.05) is 32.6 Å². The molecular weight excluding hydrogens is 256 g/mol. The minimum absolute atomic E-state index is 0.495. The Kier molecular flexibility index (Phi) is 3.08. The van der Waals surface area contributed by atoms with Crippen LogP contribution in [0.1, 0.15) is 43.2 Å². The Morgan fingerprint density at radius 1 is 1.19 bits per heavy atom. The molecule has 21 heavy (non-hydrogen) atoms. The summed E-state index contributed by atoms with van der Waals surface area (Å²) in [6, 6.07) is 8.05. The molecule has 0 spiro atoms. The van der Waals surface area contributed by atoms with E-state index < -0.39 is 0 Å². The van der Waals surface area contributed by atoms with Gasteiger partial charge in [0.15, 0.2) is 0 Å². The molecule has 1 saturated heterocycles. The van der Waals surface area contributed by atoms with Crippen LogP contribution in [0, 0.1) is 5.92 Å². The third-order valence-corrected chi connectivity index (χ3v) is 6.61. The van der Waals surface area contributed by atoms with Crippen molar-refractivity contribution in [1.29, 1.82) is 0 Å². The van der Waals surface area contributed by atoms with E-state index in [1.807, 2.05) is 0 Å². The highest BCUT2D eigenvalue weighted by Gasteiger charge is 2.52. The van der Waals surface area contributed by atoms with Gasteiger partial charge in [-0.3, -0.25) is 0 Å². The lowest BCUT2D eigenvalue weighted by molar-refractivity contribution is 0.00289. The van der Waals surface area contributed by atoms with Crippen LogP contribution in [-0.2, 0) is 11.8 Å². The average Bonchev–Trinajstić information content (AvgIpc) is 2.50. The number of rotatable bonds is 1. The van der Waals surface area contributed by atoms with E-state index in [0.29, 0.717) is 5.41 Å². The SMILES string of the molecule is CN(C)c1ccc2c(c1)[C@@]13CCCC[C@H]1[C@@H](C2)N(C)CC3. The van der Waals surface area contributed by atoms with Crippen molar-refractivity contribution in [3.05, 3.63) is 29.3 Å². The molecule has 2 nitrogen and oxygen atoms in total. The molecule has 3 atom stereocenters. The Hall–Kier alpha value is -1.02. The van der Waals surface area contributed by atoms with Crippen molar-refractivity contribution in [2.24, 2.45) is 5.92 Å².